The fraction of sp³-hybridized carbons (Fsp3) is 0.750. The number of ether oxygens (including phenoxy) is 2. The summed E-state index contributed by atoms with van der Waals surface area (Å²) in [5, 5.41) is 0. The highest BCUT2D eigenvalue weighted by Crippen LogP contribution is 2.27. The normalized spacial score (nSPS) is 21.5. The first-order valence-electron chi connectivity index (χ1n) is 7.63. The van der Waals surface area contributed by atoms with Crippen molar-refractivity contribution in [2.45, 2.75) is 46.1 Å². The summed E-state index contributed by atoms with van der Waals surface area (Å²) >= 11 is 0. The van der Waals surface area contributed by atoms with Crippen LogP contribution in [0.3, 0.4) is 0 Å². The van der Waals surface area contributed by atoms with Gasteiger partial charge in [-0.15, -0.1) is 0 Å². The molecule has 0 N–H and O–H groups in total. The summed E-state index contributed by atoms with van der Waals surface area (Å²) in [4.78, 5) is 48.9. The summed E-state index contributed by atoms with van der Waals surface area (Å²) in [7, 11) is 1.21. The van der Waals surface area contributed by atoms with Crippen molar-refractivity contribution in [1.82, 2.24) is 4.90 Å². The summed E-state index contributed by atoms with van der Waals surface area (Å²) in [5.74, 6) is -2.30. The number of amides is 1. The molecule has 7 nitrogen and oxygen atoms in total. The zero-order valence-electron chi connectivity index (χ0n) is 14.4. The molecule has 1 saturated heterocycles. The molecule has 23 heavy (non-hydrogen) atoms. The van der Waals surface area contributed by atoms with Gasteiger partial charge in [-0.2, -0.15) is 0 Å². The second-order valence-corrected chi connectivity index (χ2v) is 6.76. The predicted octanol–water partition coefficient (Wildman–Crippen LogP) is 1.58. The minimum atomic E-state index is -0.625. The highest BCUT2D eigenvalue weighted by atomic mass is 16.6. The number of rotatable bonds is 4. The maximum absolute atomic E-state index is 12.2. The van der Waals surface area contributed by atoms with Crippen LogP contribution in [0.4, 0.5) is 4.79 Å². The smallest absolute Gasteiger partial charge is 0.410 e. The van der Waals surface area contributed by atoms with E-state index in [2.05, 4.69) is 4.74 Å². The average molecular weight is 327 g/mol. The van der Waals surface area contributed by atoms with Gasteiger partial charge in [-0.05, 0) is 34.1 Å². The highest BCUT2D eigenvalue weighted by molar-refractivity contribution is 5.99. The molecule has 0 aromatic carbocycles. The van der Waals surface area contributed by atoms with Gasteiger partial charge in [-0.3, -0.25) is 14.4 Å². The van der Waals surface area contributed by atoms with E-state index >= 15 is 0 Å². The van der Waals surface area contributed by atoms with E-state index in [4.69, 9.17) is 4.74 Å². The van der Waals surface area contributed by atoms with Gasteiger partial charge in [0, 0.05) is 24.9 Å². The zero-order chi connectivity index (χ0) is 17.8. The topological polar surface area (TPSA) is 90.0 Å². The zero-order valence-corrected chi connectivity index (χ0v) is 14.4. The average Bonchev–Trinajstić information content (AvgIpc) is 2.44. The molecule has 0 aliphatic carbocycles. The molecular weight excluding hydrogens is 302 g/mol. The lowest BCUT2D eigenvalue weighted by atomic mass is 9.79. The van der Waals surface area contributed by atoms with Gasteiger partial charge in [0.05, 0.1) is 7.11 Å². The van der Waals surface area contributed by atoms with Crippen LogP contribution in [-0.2, 0) is 23.9 Å². The van der Waals surface area contributed by atoms with E-state index in [1.54, 1.807) is 20.8 Å². The predicted molar refractivity (Wildman–Crippen MR) is 81.7 cm³/mol. The van der Waals surface area contributed by atoms with Crippen LogP contribution in [0.5, 0.6) is 0 Å². The van der Waals surface area contributed by atoms with Crippen LogP contribution in [0.1, 0.15) is 40.5 Å². The van der Waals surface area contributed by atoms with Crippen LogP contribution in [0, 0.1) is 11.8 Å². The Morgan fingerprint density at radius 3 is 2.22 bits per heavy atom. The molecule has 2 atom stereocenters. The third-order valence-electron chi connectivity index (χ3n) is 3.75. The van der Waals surface area contributed by atoms with Crippen molar-refractivity contribution >= 4 is 23.6 Å². The van der Waals surface area contributed by atoms with Crippen LogP contribution in [0.2, 0.25) is 0 Å². The van der Waals surface area contributed by atoms with Gasteiger partial charge < -0.3 is 14.4 Å². The number of carbonyl (C=O) groups is 4. The number of carbonyl (C=O) groups excluding carboxylic acids is 4. The molecule has 2 unspecified atom stereocenters. The number of piperidine rings is 1. The van der Waals surface area contributed by atoms with E-state index in [0.717, 1.165) is 0 Å². The molecule has 0 saturated carbocycles. The van der Waals surface area contributed by atoms with Gasteiger partial charge in [-0.25, -0.2) is 4.79 Å². The Morgan fingerprint density at radius 1 is 1.13 bits per heavy atom. The van der Waals surface area contributed by atoms with E-state index in [1.807, 2.05) is 0 Å². The number of methoxy groups -OCH3 is 1. The van der Waals surface area contributed by atoms with E-state index < -0.39 is 29.5 Å². The first kappa shape index (κ1) is 19.1. The van der Waals surface area contributed by atoms with Crippen molar-refractivity contribution in [2.75, 3.05) is 20.2 Å². The quantitative estimate of drug-likeness (QED) is 0.575. The number of ketones is 2. The lowest BCUT2D eigenvalue weighted by Crippen LogP contribution is -2.49. The summed E-state index contributed by atoms with van der Waals surface area (Å²) < 4.78 is 9.79. The van der Waals surface area contributed by atoms with Gasteiger partial charge >= 0.3 is 12.1 Å². The minimum Gasteiger partial charge on any atom is -0.469 e. The molecule has 1 aliphatic rings. The Bertz CT molecular complexity index is 493. The van der Waals surface area contributed by atoms with Crippen LogP contribution in [0.15, 0.2) is 0 Å². The molecule has 130 valence electrons. The van der Waals surface area contributed by atoms with Gasteiger partial charge in [-0.1, -0.05) is 0 Å². The van der Waals surface area contributed by atoms with Gasteiger partial charge in [0.1, 0.15) is 23.6 Å². The Kier molecular flexibility index (Phi) is 6.29. The van der Waals surface area contributed by atoms with Crippen molar-refractivity contribution in [3.05, 3.63) is 0 Å². The molecule has 0 radical (unpaired) electrons. The summed E-state index contributed by atoms with van der Waals surface area (Å²) in [6, 6.07) is 0. The van der Waals surface area contributed by atoms with E-state index in [1.165, 1.54) is 18.9 Å². The van der Waals surface area contributed by atoms with Gasteiger partial charge in [0.15, 0.2) is 0 Å². The number of nitrogens with zero attached hydrogens (tertiary/aromatic N) is 1. The largest absolute Gasteiger partial charge is 0.469 e. The number of esters is 1. The standard InChI is InChI=1S/C16H25NO6/c1-10(18)12-9-17(15(21)23-16(2,3)4)7-6-11(12)13(19)8-14(20)22-5/h11-12H,6-9H2,1-5H3. The Hall–Kier alpha value is -1.92. The molecule has 0 spiro atoms. The van der Waals surface area contributed by atoms with E-state index in [0.29, 0.717) is 13.0 Å². The lowest BCUT2D eigenvalue weighted by molar-refractivity contribution is -0.146. The minimum absolute atomic E-state index is 0.127. The number of Topliss-reactive ketones (excluding diaryl/α,β-unsaturated/α-hetero) is 2. The summed E-state index contributed by atoms with van der Waals surface area (Å²) in [6.45, 7) is 7.12. The molecule has 0 bridgehead atoms. The fourth-order valence-corrected chi connectivity index (χ4v) is 2.59. The first-order chi connectivity index (χ1) is 10.5. The monoisotopic (exact) mass is 327 g/mol. The number of likely N-dealkylation sites (tertiary alicyclic amines) is 1. The highest BCUT2D eigenvalue weighted by Gasteiger charge is 2.39. The van der Waals surface area contributed by atoms with Crippen molar-refractivity contribution in [3.8, 4) is 0 Å². The van der Waals surface area contributed by atoms with Crippen molar-refractivity contribution in [1.29, 1.82) is 0 Å². The molecular formula is C16H25NO6. The molecule has 0 aromatic heterocycles. The summed E-state index contributed by atoms with van der Waals surface area (Å²) in [6.07, 6.45) is -0.515. The SMILES string of the molecule is COC(=O)CC(=O)C1CCN(C(=O)OC(C)(C)C)CC1C(C)=O. The first-order valence-corrected chi connectivity index (χ1v) is 7.63. The molecule has 1 amide bonds. The fourth-order valence-electron chi connectivity index (χ4n) is 2.59. The van der Waals surface area contributed by atoms with Crippen molar-refractivity contribution < 1.29 is 28.7 Å². The van der Waals surface area contributed by atoms with Crippen molar-refractivity contribution in [3.63, 3.8) is 0 Å². The number of hydrogen-bond acceptors (Lipinski definition) is 6. The van der Waals surface area contributed by atoms with E-state index in [-0.39, 0.29) is 24.5 Å². The molecule has 1 heterocycles. The molecule has 7 heteroatoms. The molecule has 1 aliphatic heterocycles. The van der Waals surface area contributed by atoms with Gasteiger partial charge in [0.25, 0.3) is 0 Å². The molecule has 0 aromatic rings. The molecule has 1 fully saturated rings. The maximum Gasteiger partial charge on any atom is 0.410 e. The third-order valence-corrected chi connectivity index (χ3v) is 3.75. The van der Waals surface area contributed by atoms with E-state index in [9.17, 15) is 19.2 Å². The maximum atomic E-state index is 12.2. The third kappa shape index (κ3) is 5.65. The van der Waals surface area contributed by atoms with Crippen LogP contribution < -0.4 is 0 Å². The van der Waals surface area contributed by atoms with Crippen LogP contribution >= 0.6 is 0 Å². The Balaban J connectivity index is 2.78. The van der Waals surface area contributed by atoms with Crippen LogP contribution in [0.25, 0.3) is 0 Å². The van der Waals surface area contributed by atoms with Crippen molar-refractivity contribution in [2.24, 2.45) is 11.8 Å². The van der Waals surface area contributed by atoms with Crippen LogP contribution in [-0.4, -0.2) is 54.3 Å². The van der Waals surface area contributed by atoms with Gasteiger partial charge in [0.2, 0.25) is 0 Å². The summed E-state index contributed by atoms with van der Waals surface area (Å²) in [5.41, 5.74) is -0.625. The Morgan fingerprint density at radius 2 is 1.74 bits per heavy atom. The second kappa shape index (κ2) is 7.57. The second-order valence-electron chi connectivity index (χ2n) is 6.76. The lowest BCUT2D eigenvalue weighted by Gasteiger charge is -2.37. The Labute approximate surface area is 136 Å². The molecule has 1 rings (SSSR count). The number of hydrogen-bond donors (Lipinski definition) is 0.